The lowest BCUT2D eigenvalue weighted by molar-refractivity contribution is 0.142. The van der Waals surface area contributed by atoms with Crippen molar-refractivity contribution in [1.82, 2.24) is 10.2 Å². The van der Waals surface area contributed by atoms with Crippen molar-refractivity contribution in [3.05, 3.63) is 23.8 Å². The molecule has 0 spiro atoms. The molecule has 0 bridgehead atoms. The fourth-order valence-corrected chi connectivity index (χ4v) is 2.56. The summed E-state index contributed by atoms with van der Waals surface area (Å²) in [5.74, 6) is 1.36. The number of nitrogens with one attached hydrogen (secondary N) is 1. The van der Waals surface area contributed by atoms with E-state index in [1.54, 1.807) is 14.2 Å². The van der Waals surface area contributed by atoms with E-state index < -0.39 is 6.67 Å². The molecular formula is C14H23Cl2FN2O2. The molecule has 0 aliphatic carbocycles. The Morgan fingerprint density at radius 2 is 1.67 bits per heavy atom. The van der Waals surface area contributed by atoms with E-state index in [-0.39, 0.29) is 30.9 Å². The largest absolute Gasteiger partial charge is 0.496 e. The first kappa shape index (κ1) is 20.2. The minimum atomic E-state index is -0.448. The molecule has 0 amide bonds. The summed E-state index contributed by atoms with van der Waals surface area (Å²) < 4.78 is 24.3. The van der Waals surface area contributed by atoms with E-state index in [0.717, 1.165) is 31.7 Å². The molecule has 0 saturated carbocycles. The van der Waals surface area contributed by atoms with E-state index in [1.165, 1.54) is 0 Å². The van der Waals surface area contributed by atoms with Gasteiger partial charge in [-0.1, -0.05) is 6.07 Å². The van der Waals surface area contributed by atoms with Crippen molar-refractivity contribution in [2.75, 3.05) is 47.1 Å². The lowest BCUT2D eigenvalue weighted by atomic mass is 10.0. The highest BCUT2D eigenvalue weighted by Gasteiger charge is 2.27. The first-order valence-electron chi connectivity index (χ1n) is 6.53. The Labute approximate surface area is 137 Å². The lowest BCUT2D eigenvalue weighted by Gasteiger charge is -2.34. The molecule has 1 atom stereocenters. The second-order valence-corrected chi connectivity index (χ2v) is 4.53. The fraction of sp³-hybridized carbons (Fsp3) is 0.571. The van der Waals surface area contributed by atoms with Crippen LogP contribution in [0.2, 0.25) is 0 Å². The second-order valence-electron chi connectivity index (χ2n) is 4.53. The highest BCUT2D eigenvalue weighted by Crippen LogP contribution is 2.37. The Morgan fingerprint density at radius 3 is 2.10 bits per heavy atom. The van der Waals surface area contributed by atoms with Crippen LogP contribution in [0, 0.1) is 0 Å². The highest BCUT2D eigenvalue weighted by molar-refractivity contribution is 5.85. The van der Waals surface area contributed by atoms with Crippen LogP contribution in [-0.4, -0.2) is 52.0 Å². The predicted molar refractivity (Wildman–Crippen MR) is 87.2 cm³/mol. The van der Waals surface area contributed by atoms with Gasteiger partial charge in [0, 0.05) is 26.2 Å². The van der Waals surface area contributed by atoms with Gasteiger partial charge in [-0.2, -0.15) is 0 Å². The number of piperazine rings is 1. The van der Waals surface area contributed by atoms with Crippen molar-refractivity contribution in [2.45, 2.75) is 6.04 Å². The zero-order valence-corrected chi connectivity index (χ0v) is 13.9. The van der Waals surface area contributed by atoms with Gasteiger partial charge in [-0.3, -0.25) is 4.90 Å². The van der Waals surface area contributed by atoms with E-state index in [0.29, 0.717) is 11.5 Å². The number of rotatable bonds is 5. The quantitative estimate of drug-likeness (QED) is 0.892. The molecule has 1 saturated heterocycles. The van der Waals surface area contributed by atoms with Crippen molar-refractivity contribution in [3.63, 3.8) is 0 Å². The van der Waals surface area contributed by atoms with Crippen molar-refractivity contribution < 1.29 is 13.9 Å². The summed E-state index contributed by atoms with van der Waals surface area (Å²) in [5.41, 5.74) is 0.803. The molecule has 0 radical (unpaired) electrons. The summed E-state index contributed by atoms with van der Waals surface area (Å²) in [6.45, 7) is 2.98. The molecule has 1 heterocycles. The number of alkyl halides is 1. The van der Waals surface area contributed by atoms with Gasteiger partial charge in [0.1, 0.15) is 18.2 Å². The molecule has 2 rings (SSSR count). The maximum Gasteiger partial charge on any atom is 0.127 e. The number of nitrogens with zero attached hydrogens (tertiary/aromatic N) is 1. The lowest BCUT2D eigenvalue weighted by Crippen LogP contribution is -2.45. The average molecular weight is 341 g/mol. The molecule has 1 N–H and O–H groups in total. The van der Waals surface area contributed by atoms with Crippen LogP contribution < -0.4 is 14.8 Å². The summed E-state index contributed by atoms with van der Waals surface area (Å²) >= 11 is 0. The van der Waals surface area contributed by atoms with Gasteiger partial charge in [0.15, 0.2) is 0 Å². The summed E-state index contributed by atoms with van der Waals surface area (Å²) in [5, 5.41) is 3.28. The fourth-order valence-electron chi connectivity index (χ4n) is 2.56. The van der Waals surface area contributed by atoms with E-state index in [1.807, 2.05) is 18.2 Å². The van der Waals surface area contributed by atoms with Crippen LogP contribution in [0.1, 0.15) is 11.6 Å². The van der Waals surface area contributed by atoms with Crippen molar-refractivity contribution in [1.29, 1.82) is 0 Å². The summed E-state index contributed by atoms with van der Waals surface area (Å²) in [4.78, 5) is 2.14. The van der Waals surface area contributed by atoms with Gasteiger partial charge in [0.05, 0.1) is 25.8 Å². The number of ether oxygens (including phenoxy) is 2. The third-order valence-corrected chi connectivity index (χ3v) is 3.54. The van der Waals surface area contributed by atoms with Crippen LogP contribution in [-0.2, 0) is 0 Å². The monoisotopic (exact) mass is 340 g/mol. The standard InChI is InChI=1S/C14H21FN2O2.2ClH/c1-18-12-4-3-5-13(19-2)14(12)11(10-15)17-8-6-16-7-9-17;;/h3-5,11,16H,6-10H2,1-2H3;2*1H/t11-;;/m1../s1. The van der Waals surface area contributed by atoms with Crippen LogP contribution in [0.3, 0.4) is 0 Å². The molecule has 1 aliphatic heterocycles. The SMILES string of the molecule is COc1cccc(OC)c1[C@@H](CF)N1CCNCC1.Cl.Cl. The number of benzene rings is 1. The maximum absolute atomic E-state index is 13.6. The third kappa shape index (κ3) is 4.61. The van der Waals surface area contributed by atoms with Gasteiger partial charge in [-0.05, 0) is 12.1 Å². The molecule has 21 heavy (non-hydrogen) atoms. The van der Waals surface area contributed by atoms with Crippen LogP contribution in [0.25, 0.3) is 0 Å². The summed E-state index contributed by atoms with van der Waals surface area (Å²) in [7, 11) is 3.21. The van der Waals surface area contributed by atoms with Crippen molar-refractivity contribution in [3.8, 4) is 11.5 Å². The minimum Gasteiger partial charge on any atom is -0.496 e. The Balaban J connectivity index is 0.00000200. The molecule has 122 valence electrons. The molecule has 0 aromatic heterocycles. The molecule has 4 nitrogen and oxygen atoms in total. The molecular weight excluding hydrogens is 318 g/mol. The molecule has 7 heteroatoms. The molecule has 0 unspecified atom stereocenters. The first-order chi connectivity index (χ1) is 9.31. The maximum atomic E-state index is 13.6. The minimum absolute atomic E-state index is 0. The summed E-state index contributed by atoms with van der Waals surface area (Å²) in [6.07, 6.45) is 0. The van der Waals surface area contributed by atoms with Gasteiger partial charge in [0.25, 0.3) is 0 Å². The van der Waals surface area contributed by atoms with Gasteiger partial charge < -0.3 is 14.8 Å². The predicted octanol–water partition coefficient (Wildman–Crippen LogP) is 2.46. The van der Waals surface area contributed by atoms with E-state index in [4.69, 9.17) is 9.47 Å². The Morgan fingerprint density at radius 1 is 1.14 bits per heavy atom. The third-order valence-electron chi connectivity index (χ3n) is 3.54. The normalized spacial score (nSPS) is 16.3. The van der Waals surface area contributed by atoms with Crippen LogP contribution in [0.5, 0.6) is 11.5 Å². The van der Waals surface area contributed by atoms with Gasteiger partial charge in [0.2, 0.25) is 0 Å². The van der Waals surface area contributed by atoms with E-state index in [9.17, 15) is 4.39 Å². The number of hydrogen-bond donors (Lipinski definition) is 1. The molecule has 1 aromatic carbocycles. The van der Waals surface area contributed by atoms with Crippen LogP contribution >= 0.6 is 24.8 Å². The Kier molecular flexibility index (Phi) is 9.70. The Bertz CT molecular complexity index is 396. The smallest absolute Gasteiger partial charge is 0.127 e. The van der Waals surface area contributed by atoms with Gasteiger partial charge >= 0.3 is 0 Å². The zero-order chi connectivity index (χ0) is 13.7. The molecule has 1 fully saturated rings. The second kappa shape index (κ2) is 10.1. The molecule has 1 aromatic rings. The number of hydrogen-bond acceptors (Lipinski definition) is 4. The molecule has 1 aliphatic rings. The average Bonchev–Trinajstić information content (AvgIpc) is 2.49. The Hall–Kier alpha value is -0.750. The topological polar surface area (TPSA) is 33.7 Å². The van der Waals surface area contributed by atoms with E-state index in [2.05, 4.69) is 10.2 Å². The van der Waals surface area contributed by atoms with Crippen LogP contribution in [0.4, 0.5) is 4.39 Å². The number of halogens is 3. The van der Waals surface area contributed by atoms with Crippen molar-refractivity contribution >= 4 is 24.8 Å². The van der Waals surface area contributed by atoms with E-state index >= 15 is 0 Å². The highest BCUT2D eigenvalue weighted by atomic mass is 35.5. The van der Waals surface area contributed by atoms with Gasteiger partial charge in [-0.25, -0.2) is 4.39 Å². The zero-order valence-electron chi connectivity index (χ0n) is 12.3. The van der Waals surface area contributed by atoms with Gasteiger partial charge in [-0.15, -0.1) is 24.8 Å². The van der Waals surface area contributed by atoms with Crippen molar-refractivity contribution in [2.24, 2.45) is 0 Å². The summed E-state index contributed by atoms with van der Waals surface area (Å²) in [6, 6.07) is 5.24. The van der Waals surface area contributed by atoms with Crippen LogP contribution in [0.15, 0.2) is 18.2 Å². The number of methoxy groups -OCH3 is 2. The first-order valence-corrected chi connectivity index (χ1v) is 6.53.